The number of halogens is 3. The van der Waals surface area contributed by atoms with Crippen LogP contribution >= 0.6 is 13.5 Å². The van der Waals surface area contributed by atoms with Crippen molar-refractivity contribution in [2.75, 3.05) is 11.9 Å². The van der Waals surface area contributed by atoms with Crippen molar-refractivity contribution in [3.63, 3.8) is 0 Å². The Morgan fingerprint density at radius 2 is 1.75 bits per heavy atom. The van der Waals surface area contributed by atoms with Gasteiger partial charge in [0.05, 0.1) is 23.0 Å². The summed E-state index contributed by atoms with van der Waals surface area (Å²) < 4.78 is 40.6. The van der Waals surface area contributed by atoms with Crippen molar-refractivity contribution in [2.24, 2.45) is 0 Å². The van der Waals surface area contributed by atoms with Crippen LogP contribution in [0.2, 0.25) is 0 Å². The van der Waals surface area contributed by atoms with Gasteiger partial charge in [0.15, 0.2) is 5.82 Å². The second-order valence-corrected chi connectivity index (χ2v) is 7.15. The highest BCUT2D eigenvalue weighted by Gasteiger charge is 2.20. The molecule has 32 heavy (non-hydrogen) atoms. The van der Waals surface area contributed by atoms with Crippen molar-refractivity contribution in [1.29, 1.82) is 0 Å². The Hall–Kier alpha value is -3.27. The van der Waals surface area contributed by atoms with Crippen molar-refractivity contribution in [2.45, 2.75) is 26.2 Å². The molecule has 0 aliphatic carbocycles. The number of para-hydroxylation sites is 1. The monoisotopic (exact) mass is 458 g/mol. The number of rotatable bonds is 6. The minimum atomic E-state index is -2.92. The van der Waals surface area contributed by atoms with Crippen LogP contribution in [0.4, 0.5) is 19.0 Å². The normalized spacial score (nSPS) is 11.9. The van der Waals surface area contributed by atoms with Crippen molar-refractivity contribution < 1.29 is 13.2 Å². The summed E-state index contributed by atoms with van der Waals surface area (Å²) in [6, 6.07) is 6.70. The first-order valence-electron chi connectivity index (χ1n) is 9.64. The number of hydrogen-bond donors (Lipinski definition) is 1. The molecule has 3 aromatic heterocycles. The third-order valence-corrected chi connectivity index (χ3v) is 5.00. The molecule has 0 saturated heterocycles. The summed E-state index contributed by atoms with van der Waals surface area (Å²) in [4.78, 5) is 20.9. The van der Waals surface area contributed by atoms with E-state index in [0.29, 0.717) is 29.4 Å². The largest absolute Gasteiger partial charge is 0.369 e. The first-order chi connectivity index (χ1) is 14.9. The molecule has 4 aromatic rings. The average Bonchev–Trinajstić information content (AvgIpc) is 2.77. The standard InChI is InChI=1S/C22H19F3N6.H2S/c1-12(15-4-3-5-16-20(22(24)25)17(23)10-29-21(15)16)7-28-19-6-18(30-11-31-19)14-8-26-13(2)27-9-14;/h3-6,8-12,22H,7H2,1-2H3,(H,28,30,31);1H2/t12-;/m1./s1. The molecule has 0 aliphatic heterocycles. The molecule has 1 atom stereocenters. The van der Waals surface area contributed by atoms with E-state index in [9.17, 15) is 13.2 Å². The van der Waals surface area contributed by atoms with Gasteiger partial charge in [-0.15, -0.1) is 0 Å². The van der Waals surface area contributed by atoms with E-state index in [1.54, 1.807) is 31.5 Å². The number of nitrogens with one attached hydrogen (secondary N) is 1. The number of aromatic nitrogens is 5. The lowest BCUT2D eigenvalue weighted by atomic mass is 9.96. The van der Waals surface area contributed by atoms with E-state index in [2.05, 4.69) is 30.2 Å². The highest BCUT2D eigenvalue weighted by atomic mass is 32.1. The van der Waals surface area contributed by atoms with E-state index >= 15 is 0 Å². The molecule has 3 heterocycles. The molecule has 10 heteroatoms. The van der Waals surface area contributed by atoms with Crippen LogP contribution in [-0.2, 0) is 0 Å². The quantitative estimate of drug-likeness (QED) is 0.428. The molecule has 0 unspecified atom stereocenters. The summed E-state index contributed by atoms with van der Waals surface area (Å²) in [5, 5.41) is 3.36. The Balaban J connectivity index is 0.00000289. The topological polar surface area (TPSA) is 76.5 Å². The average molecular weight is 459 g/mol. The minimum Gasteiger partial charge on any atom is -0.369 e. The van der Waals surface area contributed by atoms with Crippen molar-refractivity contribution in [3.05, 3.63) is 72.0 Å². The summed E-state index contributed by atoms with van der Waals surface area (Å²) >= 11 is 0. The number of benzene rings is 1. The van der Waals surface area contributed by atoms with Crippen LogP contribution < -0.4 is 5.32 Å². The Labute approximate surface area is 189 Å². The van der Waals surface area contributed by atoms with E-state index in [1.165, 1.54) is 12.4 Å². The van der Waals surface area contributed by atoms with Gasteiger partial charge in [0, 0.05) is 41.9 Å². The van der Waals surface area contributed by atoms with Gasteiger partial charge in [-0.25, -0.2) is 33.1 Å². The molecule has 0 fully saturated rings. The first kappa shape index (κ1) is 23.4. The zero-order chi connectivity index (χ0) is 22.0. The summed E-state index contributed by atoms with van der Waals surface area (Å²) in [7, 11) is 0. The fraction of sp³-hybridized carbons (Fsp3) is 0.227. The lowest BCUT2D eigenvalue weighted by Gasteiger charge is -2.17. The van der Waals surface area contributed by atoms with Gasteiger partial charge in [0.1, 0.15) is 18.0 Å². The summed E-state index contributed by atoms with van der Waals surface area (Å²) in [6.07, 6.45) is 2.77. The number of anilines is 1. The van der Waals surface area contributed by atoms with Gasteiger partial charge in [0.2, 0.25) is 0 Å². The van der Waals surface area contributed by atoms with Crippen molar-refractivity contribution in [1.82, 2.24) is 24.9 Å². The lowest BCUT2D eigenvalue weighted by molar-refractivity contribution is 0.148. The molecule has 166 valence electrons. The second kappa shape index (κ2) is 9.90. The number of fused-ring (bicyclic) bond motifs is 1. The van der Waals surface area contributed by atoms with Crippen molar-refractivity contribution >= 4 is 30.2 Å². The highest BCUT2D eigenvalue weighted by Crippen LogP contribution is 2.32. The van der Waals surface area contributed by atoms with Crippen LogP contribution in [0.3, 0.4) is 0 Å². The Kier molecular flexibility index (Phi) is 7.24. The number of nitrogens with zero attached hydrogens (tertiary/aromatic N) is 5. The number of pyridine rings is 1. The number of alkyl halides is 2. The Morgan fingerprint density at radius 3 is 2.47 bits per heavy atom. The van der Waals surface area contributed by atoms with Gasteiger partial charge in [-0.2, -0.15) is 13.5 Å². The van der Waals surface area contributed by atoms with Crippen LogP contribution in [0.25, 0.3) is 22.2 Å². The summed E-state index contributed by atoms with van der Waals surface area (Å²) in [5.74, 6) is 0.167. The minimum absolute atomic E-state index is 0. The SMILES string of the molecule is Cc1ncc(-c2cc(NC[C@@H](C)c3cccc4c(C(F)F)c(F)cnc34)ncn2)cn1.S. The number of aryl methyl sites for hydroxylation is 1. The van der Waals surface area contributed by atoms with Gasteiger partial charge >= 0.3 is 0 Å². The van der Waals surface area contributed by atoms with Crippen LogP contribution in [0.15, 0.2) is 49.2 Å². The molecule has 1 N–H and O–H groups in total. The van der Waals surface area contributed by atoms with E-state index in [-0.39, 0.29) is 24.8 Å². The van der Waals surface area contributed by atoms with Gasteiger partial charge < -0.3 is 5.32 Å². The molecule has 0 radical (unpaired) electrons. The molecule has 1 aromatic carbocycles. The second-order valence-electron chi connectivity index (χ2n) is 7.15. The van der Waals surface area contributed by atoms with Crippen LogP contribution in [-0.4, -0.2) is 31.5 Å². The maximum atomic E-state index is 13.9. The van der Waals surface area contributed by atoms with Crippen LogP contribution in [0.1, 0.15) is 36.2 Å². The van der Waals surface area contributed by atoms with Gasteiger partial charge in [-0.05, 0) is 12.5 Å². The molecule has 4 rings (SSSR count). The van der Waals surface area contributed by atoms with Crippen LogP contribution in [0.5, 0.6) is 0 Å². The molecular formula is C22H21F3N6S. The Bertz CT molecular complexity index is 1220. The predicted molar refractivity (Wildman–Crippen MR) is 122 cm³/mol. The number of hydrogen-bond acceptors (Lipinski definition) is 6. The zero-order valence-corrected chi connectivity index (χ0v) is 18.4. The zero-order valence-electron chi connectivity index (χ0n) is 17.4. The molecule has 0 amide bonds. The van der Waals surface area contributed by atoms with Gasteiger partial charge in [-0.1, -0.05) is 25.1 Å². The highest BCUT2D eigenvalue weighted by molar-refractivity contribution is 7.59. The summed E-state index contributed by atoms with van der Waals surface area (Å²) in [5.41, 5.74) is 1.94. The predicted octanol–water partition coefficient (Wildman–Crippen LogP) is 5.20. The van der Waals surface area contributed by atoms with Gasteiger partial charge in [0.25, 0.3) is 6.43 Å². The lowest BCUT2D eigenvalue weighted by Crippen LogP contribution is -2.12. The summed E-state index contributed by atoms with van der Waals surface area (Å²) in [6.45, 7) is 4.20. The third-order valence-electron chi connectivity index (χ3n) is 5.00. The molecule has 6 nitrogen and oxygen atoms in total. The van der Waals surface area contributed by atoms with E-state index in [1.807, 2.05) is 13.0 Å². The molecule has 0 spiro atoms. The maximum absolute atomic E-state index is 13.9. The van der Waals surface area contributed by atoms with E-state index < -0.39 is 17.8 Å². The van der Waals surface area contributed by atoms with Crippen LogP contribution in [0, 0.1) is 12.7 Å². The fourth-order valence-electron chi connectivity index (χ4n) is 3.37. The Morgan fingerprint density at radius 1 is 1.00 bits per heavy atom. The van der Waals surface area contributed by atoms with E-state index in [4.69, 9.17) is 0 Å². The fourth-order valence-corrected chi connectivity index (χ4v) is 3.37. The molecule has 0 aliphatic rings. The van der Waals surface area contributed by atoms with Crippen molar-refractivity contribution in [3.8, 4) is 11.3 Å². The van der Waals surface area contributed by atoms with Gasteiger partial charge in [-0.3, -0.25) is 4.98 Å². The third kappa shape index (κ3) is 4.80. The molecular weight excluding hydrogens is 437 g/mol. The maximum Gasteiger partial charge on any atom is 0.267 e. The molecule has 0 bridgehead atoms. The first-order valence-corrected chi connectivity index (χ1v) is 9.64. The van der Waals surface area contributed by atoms with E-state index in [0.717, 1.165) is 17.3 Å². The molecule has 0 saturated carbocycles. The smallest absolute Gasteiger partial charge is 0.267 e.